The van der Waals surface area contributed by atoms with Crippen LogP contribution in [0, 0.1) is 0 Å². The predicted molar refractivity (Wildman–Crippen MR) is 39.5 cm³/mol. The quantitative estimate of drug-likeness (QED) is 0.551. The molecule has 5 nitrogen and oxygen atoms in total. The van der Waals surface area contributed by atoms with Crippen LogP contribution in [0.4, 0.5) is 4.79 Å². The van der Waals surface area contributed by atoms with E-state index in [0.717, 1.165) is 0 Å². The number of hydrogen-bond acceptors (Lipinski definition) is 4. The lowest BCUT2D eigenvalue weighted by Crippen LogP contribution is -2.36. The van der Waals surface area contributed by atoms with Gasteiger partial charge in [0.25, 0.3) is 0 Å². The minimum absolute atomic E-state index is 0.0312. The molecular formula is C7H11NO4. The van der Waals surface area contributed by atoms with Gasteiger partial charge in [0.1, 0.15) is 13.2 Å². The van der Waals surface area contributed by atoms with Gasteiger partial charge in [-0.25, -0.2) is 4.79 Å². The lowest BCUT2D eigenvalue weighted by Gasteiger charge is -2.15. The van der Waals surface area contributed by atoms with Crippen LogP contribution in [0.2, 0.25) is 0 Å². The first-order valence-corrected chi connectivity index (χ1v) is 3.65. The summed E-state index contributed by atoms with van der Waals surface area (Å²) >= 11 is 0. The standard InChI is InChI=1S/C7H11NO4/c1-5-4-12-7(10)8(5)3-6(9)11-2/h5H,3-4H2,1-2H3. The van der Waals surface area contributed by atoms with Gasteiger partial charge in [-0.2, -0.15) is 0 Å². The van der Waals surface area contributed by atoms with Crippen molar-refractivity contribution in [3.05, 3.63) is 0 Å². The number of carbonyl (C=O) groups is 2. The highest BCUT2D eigenvalue weighted by molar-refractivity contribution is 5.79. The van der Waals surface area contributed by atoms with E-state index in [1.165, 1.54) is 12.0 Å². The fraction of sp³-hybridized carbons (Fsp3) is 0.714. The second kappa shape index (κ2) is 3.42. The molecule has 0 bridgehead atoms. The number of nitrogens with zero attached hydrogens (tertiary/aromatic N) is 1. The molecule has 5 heteroatoms. The number of amides is 1. The summed E-state index contributed by atoms with van der Waals surface area (Å²) in [6, 6.07) is -0.0448. The number of carbonyl (C=O) groups excluding carboxylic acids is 2. The third kappa shape index (κ3) is 1.66. The van der Waals surface area contributed by atoms with Crippen molar-refractivity contribution in [3.8, 4) is 0 Å². The normalized spacial score (nSPS) is 22.3. The maximum Gasteiger partial charge on any atom is 0.410 e. The van der Waals surface area contributed by atoms with E-state index >= 15 is 0 Å². The fourth-order valence-electron chi connectivity index (χ4n) is 0.969. The monoisotopic (exact) mass is 173 g/mol. The zero-order valence-electron chi connectivity index (χ0n) is 7.07. The van der Waals surface area contributed by atoms with Gasteiger partial charge in [-0.1, -0.05) is 0 Å². The van der Waals surface area contributed by atoms with Crippen LogP contribution in [0.3, 0.4) is 0 Å². The van der Waals surface area contributed by atoms with Gasteiger partial charge in [0, 0.05) is 0 Å². The van der Waals surface area contributed by atoms with Gasteiger partial charge >= 0.3 is 12.1 Å². The Kier molecular flexibility index (Phi) is 2.52. The Bertz CT molecular complexity index is 204. The van der Waals surface area contributed by atoms with Gasteiger partial charge in [0.05, 0.1) is 13.2 Å². The number of esters is 1. The molecule has 0 aliphatic carbocycles. The van der Waals surface area contributed by atoms with Crippen LogP contribution in [0.25, 0.3) is 0 Å². The third-order valence-corrected chi connectivity index (χ3v) is 1.74. The molecule has 0 aromatic carbocycles. The molecule has 1 rings (SSSR count). The minimum Gasteiger partial charge on any atom is -0.468 e. The second-order valence-electron chi connectivity index (χ2n) is 2.63. The maximum absolute atomic E-state index is 10.9. The van der Waals surface area contributed by atoms with E-state index in [-0.39, 0.29) is 12.6 Å². The first-order chi connectivity index (χ1) is 5.65. The summed E-state index contributed by atoms with van der Waals surface area (Å²) in [6.07, 6.45) is -0.451. The minimum atomic E-state index is -0.451. The van der Waals surface area contributed by atoms with Crippen LogP contribution in [-0.4, -0.2) is 43.3 Å². The molecule has 1 amide bonds. The number of methoxy groups -OCH3 is 1. The van der Waals surface area contributed by atoms with Gasteiger partial charge < -0.3 is 9.47 Å². The van der Waals surface area contributed by atoms with Crippen molar-refractivity contribution < 1.29 is 19.1 Å². The molecule has 68 valence electrons. The van der Waals surface area contributed by atoms with Gasteiger partial charge in [0.2, 0.25) is 0 Å². The van der Waals surface area contributed by atoms with E-state index in [9.17, 15) is 9.59 Å². The van der Waals surface area contributed by atoms with Gasteiger partial charge in [-0.15, -0.1) is 0 Å². The largest absolute Gasteiger partial charge is 0.468 e. The van der Waals surface area contributed by atoms with Crippen molar-refractivity contribution in [2.45, 2.75) is 13.0 Å². The predicted octanol–water partition coefficient (Wildman–Crippen LogP) is 0.0001000. The van der Waals surface area contributed by atoms with Gasteiger partial charge in [-0.05, 0) is 6.92 Å². The van der Waals surface area contributed by atoms with Crippen molar-refractivity contribution in [1.82, 2.24) is 4.90 Å². The number of ether oxygens (including phenoxy) is 2. The van der Waals surface area contributed by atoms with Gasteiger partial charge in [0.15, 0.2) is 0 Å². The Morgan fingerprint density at radius 2 is 2.50 bits per heavy atom. The molecule has 1 aliphatic rings. The Morgan fingerprint density at radius 1 is 1.83 bits per heavy atom. The molecule has 0 N–H and O–H groups in total. The topological polar surface area (TPSA) is 55.8 Å². The summed E-state index contributed by atoms with van der Waals surface area (Å²) < 4.78 is 9.12. The number of cyclic esters (lactones) is 1. The highest BCUT2D eigenvalue weighted by Gasteiger charge is 2.31. The van der Waals surface area contributed by atoms with Gasteiger partial charge in [-0.3, -0.25) is 9.69 Å². The molecule has 12 heavy (non-hydrogen) atoms. The highest BCUT2D eigenvalue weighted by atomic mass is 16.6. The second-order valence-corrected chi connectivity index (χ2v) is 2.63. The third-order valence-electron chi connectivity index (χ3n) is 1.74. The summed E-state index contributed by atoms with van der Waals surface area (Å²) in [5, 5.41) is 0. The van der Waals surface area contributed by atoms with Crippen molar-refractivity contribution in [2.75, 3.05) is 20.3 Å². The highest BCUT2D eigenvalue weighted by Crippen LogP contribution is 2.10. The number of rotatable bonds is 2. The smallest absolute Gasteiger partial charge is 0.410 e. The van der Waals surface area contributed by atoms with E-state index in [0.29, 0.717) is 6.61 Å². The van der Waals surface area contributed by atoms with Crippen molar-refractivity contribution in [1.29, 1.82) is 0 Å². The average molecular weight is 173 g/mol. The number of hydrogen-bond donors (Lipinski definition) is 0. The van der Waals surface area contributed by atoms with E-state index < -0.39 is 12.1 Å². The van der Waals surface area contributed by atoms with Crippen LogP contribution < -0.4 is 0 Å². The van der Waals surface area contributed by atoms with E-state index in [1.54, 1.807) is 0 Å². The van der Waals surface area contributed by atoms with Crippen LogP contribution in [0.1, 0.15) is 6.92 Å². The molecule has 1 atom stereocenters. The molecular weight excluding hydrogens is 162 g/mol. The van der Waals surface area contributed by atoms with Crippen LogP contribution >= 0.6 is 0 Å². The molecule has 1 heterocycles. The Balaban J connectivity index is 2.50. The van der Waals surface area contributed by atoms with Crippen molar-refractivity contribution in [2.24, 2.45) is 0 Å². The fourth-order valence-corrected chi connectivity index (χ4v) is 0.969. The molecule has 1 fully saturated rings. The molecule has 0 radical (unpaired) electrons. The Hall–Kier alpha value is -1.26. The first kappa shape index (κ1) is 8.83. The summed E-state index contributed by atoms with van der Waals surface area (Å²) in [7, 11) is 1.29. The lowest BCUT2D eigenvalue weighted by atomic mass is 10.3. The lowest BCUT2D eigenvalue weighted by molar-refractivity contribution is -0.141. The Morgan fingerprint density at radius 3 is 2.92 bits per heavy atom. The average Bonchev–Trinajstić information content (AvgIpc) is 2.35. The summed E-state index contributed by atoms with van der Waals surface area (Å²) in [5.74, 6) is -0.430. The van der Waals surface area contributed by atoms with E-state index in [4.69, 9.17) is 4.74 Å². The first-order valence-electron chi connectivity index (χ1n) is 3.65. The zero-order valence-corrected chi connectivity index (χ0v) is 7.07. The molecule has 1 saturated heterocycles. The molecule has 0 spiro atoms. The van der Waals surface area contributed by atoms with E-state index in [1.807, 2.05) is 6.92 Å². The molecule has 0 aromatic rings. The van der Waals surface area contributed by atoms with Crippen molar-refractivity contribution >= 4 is 12.1 Å². The van der Waals surface area contributed by atoms with Crippen LogP contribution in [-0.2, 0) is 14.3 Å². The zero-order chi connectivity index (χ0) is 9.14. The maximum atomic E-state index is 10.9. The molecule has 1 unspecified atom stereocenters. The van der Waals surface area contributed by atoms with Crippen LogP contribution in [0.15, 0.2) is 0 Å². The van der Waals surface area contributed by atoms with Crippen molar-refractivity contribution in [3.63, 3.8) is 0 Å². The summed E-state index contributed by atoms with van der Waals surface area (Å²) in [6.45, 7) is 2.13. The SMILES string of the molecule is COC(=O)CN1C(=O)OCC1C. The Labute approximate surface area is 70.2 Å². The summed E-state index contributed by atoms with van der Waals surface area (Å²) in [5.41, 5.74) is 0. The molecule has 1 aliphatic heterocycles. The van der Waals surface area contributed by atoms with Crippen LogP contribution in [0.5, 0.6) is 0 Å². The summed E-state index contributed by atoms with van der Waals surface area (Å²) in [4.78, 5) is 23.1. The molecule has 0 saturated carbocycles. The van der Waals surface area contributed by atoms with E-state index in [2.05, 4.69) is 4.74 Å². The molecule has 0 aromatic heterocycles.